The highest BCUT2D eigenvalue weighted by Crippen LogP contribution is 2.18. The highest BCUT2D eigenvalue weighted by Gasteiger charge is 2.27. The molecule has 2 rings (SSSR count). The van der Waals surface area contributed by atoms with Gasteiger partial charge in [0.15, 0.2) is 0 Å². The van der Waals surface area contributed by atoms with E-state index < -0.39 is 0 Å². The van der Waals surface area contributed by atoms with Gasteiger partial charge in [-0.05, 0) is 39.7 Å². The van der Waals surface area contributed by atoms with Gasteiger partial charge >= 0.3 is 0 Å². The molecule has 23 heavy (non-hydrogen) atoms. The minimum Gasteiger partial charge on any atom is -0.375 e. The molecule has 1 fully saturated rings. The third-order valence-corrected chi connectivity index (χ3v) is 4.48. The number of hydrogen-bond acceptors (Lipinski definition) is 4. The predicted octanol–water partition coefficient (Wildman–Crippen LogP) is 1.98. The fraction of sp³-hybridized carbons (Fsp3) is 0.706. The van der Waals surface area contributed by atoms with Crippen LogP contribution in [0.3, 0.4) is 0 Å². The van der Waals surface area contributed by atoms with Gasteiger partial charge in [0.1, 0.15) is 0 Å². The standard InChI is InChI=1S/C17H26N4O2/c1-12-11-23-13(2)10-20(12)17(22)7-6-16-14(3)19-21(15(16)4)9-5-8-18/h12-13H,5-7,9-11H2,1-4H3/t12-,13-/m0/s1. The third-order valence-electron chi connectivity index (χ3n) is 4.48. The van der Waals surface area contributed by atoms with E-state index in [1.165, 1.54) is 0 Å². The van der Waals surface area contributed by atoms with Crippen molar-refractivity contribution in [2.45, 2.75) is 65.6 Å². The smallest absolute Gasteiger partial charge is 0.223 e. The average Bonchev–Trinajstić information content (AvgIpc) is 2.79. The summed E-state index contributed by atoms with van der Waals surface area (Å²) in [6, 6.07) is 2.28. The molecule has 0 aromatic carbocycles. The molecule has 1 aliphatic heterocycles. The van der Waals surface area contributed by atoms with Gasteiger partial charge in [-0.25, -0.2) is 0 Å². The van der Waals surface area contributed by atoms with E-state index in [0.29, 0.717) is 39.0 Å². The van der Waals surface area contributed by atoms with Crippen LogP contribution in [0.25, 0.3) is 0 Å². The Kier molecular flexibility index (Phi) is 5.78. The van der Waals surface area contributed by atoms with E-state index in [2.05, 4.69) is 11.2 Å². The van der Waals surface area contributed by atoms with Crippen LogP contribution < -0.4 is 0 Å². The molecule has 0 bridgehead atoms. The van der Waals surface area contributed by atoms with E-state index in [9.17, 15) is 4.79 Å². The second-order valence-corrected chi connectivity index (χ2v) is 6.32. The van der Waals surface area contributed by atoms with Gasteiger partial charge in [0.25, 0.3) is 0 Å². The molecule has 0 N–H and O–H groups in total. The maximum atomic E-state index is 12.5. The summed E-state index contributed by atoms with van der Waals surface area (Å²) in [5.41, 5.74) is 3.15. The van der Waals surface area contributed by atoms with Crippen LogP contribution in [0.5, 0.6) is 0 Å². The Bertz CT molecular complexity index is 602. The van der Waals surface area contributed by atoms with Crippen molar-refractivity contribution in [3.63, 3.8) is 0 Å². The molecule has 2 heterocycles. The molecule has 1 amide bonds. The van der Waals surface area contributed by atoms with Crippen LogP contribution in [0.4, 0.5) is 0 Å². The van der Waals surface area contributed by atoms with Gasteiger partial charge in [-0.2, -0.15) is 10.4 Å². The predicted molar refractivity (Wildman–Crippen MR) is 86.8 cm³/mol. The van der Waals surface area contributed by atoms with E-state index in [0.717, 1.165) is 17.0 Å². The molecule has 1 saturated heterocycles. The van der Waals surface area contributed by atoms with Crippen molar-refractivity contribution in [2.75, 3.05) is 13.2 Å². The molecule has 0 aliphatic carbocycles. The number of morpholine rings is 1. The van der Waals surface area contributed by atoms with E-state index in [-0.39, 0.29) is 18.1 Å². The summed E-state index contributed by atoms with van der Waals surface area (Å²) < 4.78 is 7.45. The number of aryl methyl sites for hydroxylation is 2. The first-order valence-electron chi connectivity index (χ1n) is 8.25. The quantitative estimate of drug-likeness (QED) is 0.832. The third kappa shape index (κ3) is 4.11. The molecule has 2 atom stereocenters. The zero-order valence-electron chi connectivity index (χ0n) is 14.5. The lowest BCUT2D eigenvalue weighted by Gasteiger charge is -2.37. The van der Waals surface area contributed by atoms with E-state index in [4.69, 9.17) is 10.00 Å². The summed E-state index contributed by atoms with van der Waals surface area (Å²) in [6.45, 7) is 9.89. The van der Waals surface area contributed by atoms with Crippen molar-refractivity contribution in [2.24, 2.45) is 0 Å². The molecule has 0 unspecified atom stereocenters. The van der Waals surface area contributed by atoms with Crippen molar-refractivity contribution < 1.29 is 9.53 Å². The number of nitrogens with zero attached hydrogens (tertiary/aromatic N) is 4. The fourth-order valence-electron chi connectivity index (χ4n) is 3.10. The molecular weight excluding hydrogens is 292 g/mol. The Balaban J connectivity index is 1.99. The van der Waals surface area contributed by atoms with Crippen LogP contribution in [0.15, 0.2) is 0 Å². The van der Waals surface area contributed by atoms with Gasteiger partial charge in [-0.15, -0.1) is 0 Å². The summed E-state index contributed by atoms with van der Waals surface area (Å²) >= 11 is 0. The molecule has 0 spiro atoms. The maximum absolute atomic E-state index is 12.5. The number of aromatic nitrogens is 2. The number of nitriles is 1. The second kappa shape index (κ2) is 7.60. The molecule has 1 aromatic rings. The van der Waals surface area contributed by atoms with Gasteiger partial charge in [-0.3, -0.25) is 9.48 Å². The van der Waals surface area contributed by atoms with Gasteiger partial charge in [-0.1, -0.05) is 0 Å². The van der Waals surface area contributed by atoms with Crippen LogP contribution in [-0.2, 0) is 22.5 Å². The Labute approximate surface area is 138 Å². The Morgan fingerprint density at radius 3 is 2.87 bits per heavy atom. The lowest BCUT2D eigenvalue weighted by Crippen LogP contribution is -2.50. The number of amides is 1. The Morgan fingerprint density at radius 2 is 2.17 bits per heavy atom. The summed E-state index contributed by atoms with van der Waals surface area (Å²) in [5.74, 6) is 0.177. The summed E-state index contributed by atoms with van der Waals surface area (Å²) in [6.07, 6.45) is 1.74. The highest BCUT2D eigenvalue weighted by atomic mass is 16.5. The molecule has 6 heteroatoms. The van der Waals surface area contributed by atoms with Crippen molar-refractivity contribution in [3.05, 3.63) is 17.0 Å². The Hall–Kier alpha value is -1.87. The molecule has 0 saturated carbocycles. The lowest BCUT2D eigenvalue weighted by atomic mass is 10.1. The number of hydrogen-bond donors (Lipinski definition) is 0. The molecule has 6 nitrogen and oxygen atoms in total. The first kappa shape index (κ1) is 17.5. The first-order valence-corrected chi connectivity index (χ1v) is 8.25. The zero-order chi connectivity index (χ0) is 17.0. The van der Waals surface area contributed by atoms with Crippen LogP contribution in [0, 0.1) is 25.2 Å². The number of ether oxygens (including phenoxy) is 1. The topological polar surface area (TPSA) is 71.2 Å². The van der Waals surface area contributed by atoms with Gasteiger partial charge in [0.2, 0.25) is 5.91 Å². The van der Waals surface area contributed by atoms with Gasteiger partial charge in [0.05, 0.1) is 43.5 Å². The van der Waals surface area contributed by atoms with Crippen molar-refractivity contribution in [1.29, 1.82) is 5.26 Å². The SMILES string of the molecule is Cc1nn(CCC#N)c(C)c1CCC(=O)N1C[C@H](C)OC[C@@H]1C. The number of carbonyl (C=O) groups is 1. The van der Waals surface area contributed by atoms with E-state index in [1.54, 1.807) is 0 Å². The second-order valence-electron chi connectivity index (χ2n) is 6.32. The van der Waals surface area contributed by atoms with Crippen LogP contribution in [0.2, 0.25) is 0 Å². The fourth-order valence-corrected chi connectivity index (χ4v) is 3.10. The summed E-state index contributed by atoms with van der Waals surface area (Å²) in [4.78, 5) is 14.5. The highest BCUT2D eigenvalue weighted by molar-refractivity contribution is 5.77. The number of rotatable bonds is 5. The van der Waals surface area contributed by atoms with Crippen molar-refractivity contribution in [3.8, 4) is 6.07 Å². The van der Waals surface area contributed by atoms with Gasteiger partial charge < -0.3 is 9.64 Å². The normalized spacial score (nSPS) is 21.3. The van der Waals surface area contributed by atoms with Gasteiger partial charge in [0, 0.05) is 18.7 Å². The minimum atomic E-state index is 0.104. The zero-order valence-corrected chi connectivity index (χ0v) is 14.5. The molecule has 126 valence electrons. The molecule has 1 aliphatic rings. The Morgan fingerprint density at radius 1 is 1.43 bits per heavy atom. The van der Waals surface area contributed by atoms with Crippen LogP contribution in [-0.4, -0.2) is 45.9 Å². The number of carbonyl (C=O) groups excluding carboxylic acids is 1. The van der Waals surface area contributed by atoms with E-state index in [1.807, 2.05) is 37.3 Å². The van der Waals surface area contributed by atoms with E-state index >= 15 is 0 Å². The molecular formula is C17H26N4O2. The first-order chi connectivity index (χ1) is 10.9. The molecule has 0 radical (unpaired) electrons. The van der Waals surface area contributed by atoms with Crippen molar-refractivity contribution in [1.82, 2.24) is 14.7 Å². The average molecular weight is 318 g/mol. The van der Waals surface area contributed by atoms with Crippen LogP contribution in [0.1, 0.15) is 43.6 Å². The van der Waals surface area contributed by atoms with Crippen LogP contribution >= 0.6 is 0 Å². The summed E-state index contributed by atoms with van der Waals surface area (Å²) in [5, 5.41) is 13.2. The maximum Gasteiger partial charge on any atom is 0.223 e. The monoisotopic (exact) mass is 318 g/mol. The van der Waals surface area contributed by atoms with Crippen molar-refractivity contribution >= 4 is 5.91 Å². The minimum absolute atomic E-state index is 0.104. The lowest BCUT2D eigenvalue weighted by molar-refractivity contribution is -0.143. The molecule has 1 aromatic heterocycles. The largest absolute Gasteiger partial charge is 0.375 e. The summed E-state index contributed by atoms with van der Waals surface area (Å²) in [7, 11) is 0.